The van der Waals surface area contributed by atoms with Gasteiger partial charge in [0.1, 0.15) is 0 Å². The highest BCUT2D eigenvalue weighted by Gasteiger charge is 2.59. The number of hydrogen-bond donors (Lipinski definition) is 0. The molecule has 2 heteroatoms. The summed E-state index contributed by atoms with van der Waals surface area (Å²) in [7, 11) is 1.79. The average molecular weight is 503 g/mol. The maximum atomic E-state index is 6.34. The zero-order chi connectivity index (χ0) is 26.3. The molecular weight excluding hydrogens is 440 g/mol. The molecule has 0 saturated heterocycles. The van der Waals surface area contributed by atoms with Gasteiger partial charge in [-0.1, -0.05) is 79.4 Å². The van der Waals surface area contributed by atoms with Gasteiger partial charge in [-0.3, -0.25) is 0 Å². The highest BCUT2D eigenvalue weighted by Crippen LogP contribution is 2.67. The van der Waals surface area contributed by atoms with Crippen molar-refractivity contribution < 1.29 is 9.47 Å². The lowest BCUT2D eigenvalue weighted by Crippen LogP contribution is -2.51. The van der Waals surface area contributed by atoms with Crippen LogP contribution in [0.15, 0.2) is 11.6 Å². The maximum Gasteiger partial charge on any atom is 0.0612 e. The molecule has 0 aromatic carbocycles. The van der Waals surface area contributed by atoms with Crippen molar-refractivity contribution in [2.75, 3.05) is 20.3 Å². The zero-order valence-corrected chi connectivity index (χ0v) is 25.5. The second-order valence-corrected chi connectivity index (χ2v) is 13.7. The topological polar surface area (TPSA) is 18.5 Å². The first-order chi connectivity index (χ1) is 17.3. The Kier molecular flexibility index (Phi) is 11.4. The third-order valence-electron chi connectivity index (χ3n) is 11.4. The van der Waals surface area contributed by atoms with Gasteiger partial charge >= 0.3 is 0 Å². The number of rotatable bonds is 11. The van der Waals surface area contributed by atoms with Crippen molar-refractivity contribution in [1.82, 2.24) is 0 Å². The standard InChI is InChI=1S/C32H56O2.C2H6/c1-23(2)10-9-11-24(3)28-14-15-29-27-13-12-25-22-26(34-21-8-7-20-33-6)16-18-31(25,4)30(27)17-19-32(28,29)5;1-2/h12,23-24,26-30H,7-11,13-22H2,1-6H3;1-2H3. The minimum atomic E-state index is 0.446. The molecule has 8 atom stereocenters. The Morgan fingerprint density at radius 3 is 2.36 bits per heavy atom. The van der Waals surface area contributed by atoms with Crippen LogP contribution in [0.5, 0.6) is 0 Å². The van der Waals surface area contributed by atoms with Crippen molar-refractivity contribution in [3.05, 3.63) is 11.6 Å². The predicted molar refractivity (Wildman–Crippen MR) is 155 cm³/mol. The highest BCUT2D eigenvalue weighted by atomic mass is 16.5. The summed E-state index contributed by atoms with van der Waals surface area (Å²) in [4.78, 5) is 0. The Balaban J connectivity index is 0.00000176. The molecule has 36 heavy (non-hydrogen) atoms. The molecule has 3 fully saturated rings. The predicted octanol–water partition coefficient (Wildman–Crippen LogP) is 9.87. The Morgan fingerprint density at radius 2 is 1.64 bits per heavy atom. The Morgan fingerprint density at radius 1 is 0.889 bits per heavy atom. The van der Waals surface area contributed by atoms with E-state index in [4.69, 9.17) is 9.47 Å². The molecule has 0 heterocycles. The summed E-state index contributed by atoms with van der Waals surface area (Å²) >= 11 is 0. The number of unbranched alkanes of at least 4 members (excludes halogenated alkanes) is 1. The van der Waals surface area contributed by atoms with Gasteiger partial charge < -0.3 is 9.47 Å². The summed E-state index contributed by atoms with van der Waals surface area (Å²) < 4.78 is 11.5. The highest BCUT2D eigenvalue weighted by molar-refractivity contribution is 5.25. The zero-order valence-electron chi connectivity index (χ0n) is 25.5. The molecule has 0 amide bonds. The maximum absolute atomic E-state index is 6.34. The van der Waals surface area contributed by atoms with Crippen LogP contribution in [-0.4, -0.2) is 26.4 Å². The smallest absolute Gasteiger partial charge is 0.0612 e. The number of methoxy groups -OCH3 is 1. The minimum absolute atomic E-state index is 0.446. The largest absolute Gasteiger partial charge is 0.385 e. The molecule has 210 valence electrons. The van der Waals surface area contributed by atoms with Crippen LogP contribution in [0.4, 0.5) is 0 Å². The van der Waals surface area contributed by atoms with Gasteiger partial charge in [-0.25, -0.2) is 0 Å². The fraction of sp³-hybridized carbons (Fsp3) is 0.941. The van der Waals surface area contributed by atoms with Crippen LogP contribution in [0.3, 0.4) is 0 Å². The van der Waals surface area contributed by atoms with E-state index in [2.05, 4.69) is 40.7 Å². The lowest BCUT2D eigenvalue weighted by atomic mass is 9.47. The molecule has 0 N–H and O–H groups in total. The molecule has 0 aliphatic heterocycles. The fourth-order valence-electron chi connectivity index (χ4n) is 9.39. The quantitative estimate of drug-likeness (QED) is 0.207. The number of allylic oxidation sites excluding steroid dienone is 1. The first-order valence-electron chi connectivity index (χ1n) is 16.1. The molecule has 3 saturated carbocycles. The van der Waals surface area contributed by atoms with Crippen LogP contribution in [0.1, 0.15) is 132 Å². The molecule has 8 unspecified atom stereocenters. The van der Waals surface area contributed by atoms with Gasteiger partial charge in [-0.15, -0.1) is 0 Å². The first-order valence-corrected chi connectivity index (χ1v) is 16.1. The molecule has 0 aromatic heterocycles. The summed E-state index contributed by atoms with van der Waals surface area (Å²) in [5, 5.41) is 0. The SMILES string of the molecule is CC.COCCCCOC1CCC2(C)C(=CCC3C2CCC2(C)C(C(C)CCCC(C)C)CCC32)C1. The van der Waals surface area contributed by atoms with Crippen molar-refractivity contribution in [3.8, 4) is 0 Å². The molecule has 4 aliphatic carbocycles. The molecule has 2 nitrogen and oxygen atoms in total. The minimum Gasteiger partial charge on any atom is -0.385 e. The Labute approximate surface area is 225 Å². The van der Waals surface area contributed by atoms with Crippen LogP contribution >= 0.6 is 0 Å². The number of fused-ring (bicyclic) bond motifs is 5. The summed E-state index contributed by atoms with van der Waals surface area (Å²) in [5.74, 6) is 5.55. The molecular formula is C34H62O2. The van der Waals surface area contributed by atoms with Gasteiger partial charge in [0.25, 0.3) is 0 Å². The fourth-order valence-corrected chi connectivity index (χ4v) is 9.39. The summed E-state index contributed by atoms with van der Waals surface area (Å²) in [6, 6.07) is 0. The second kappa shape index (κ2) is 13.6. The van der Waals surface area contributed by atoms with Crippen molar-refractivity contribution >= 4 is 0 Å². The Hall–Kier alpha value is -0.340. The van der Waals surface area contributed by atoms with E-state index in [0.29, 0.717) is 16.9 Å². The second-order valence-electron chi connectivity index (χ2n) is 13.7. The first kappa shape index (κ1) is 30.2. The van der Waals surface area contributed by atoms with Crippen LogP contribution in [0.25, 0.3) is 0 Å². The normalized spacial score (nSPS) is 38.4. The lowest BCUT2D eigenvalue weighted by Gasteiger charge is -2.58. The van der Waals surface area contributed by atoms with Crippen LogP contribution in [0.2, 0.25) is 0 Å². The van der Waals surface area contributed by atoms with Crippen molar-refractivity contribution in [1.29, 1.82) is 0 Å². The third-order valence-corrected chi connectivity index (χ3v) is 11.4. The number of hydrogen-bond acceptors (Lipinski definition) is 2. The molecule has 0 bridgehead atoms. The van der Waals surface area contributed by atoms with Crippen LogP contribution < -0.4 is 0 Å². The van der Waals surface area contributed by atoms with Gasteiger partial charge in [0.2, 0.25) is 0 Å². The van der Waals surface area contributed by atoms with Crippen molar-refractivity contribution in [2.24, 2.45) is 46.3 Å². The van der Waals surface area contributed by atoms with E-state index in [1.54, 1.807) is 12.7 Å². The molecule has 4 aliphatic rings. The molecule has 0 aromatic rings. The monoisotopic (exact) mass is 502 g/mol. The Bertz CT molecular complexity index is 683. The van der Waals surface area contributed by atoms with Crippen molar-refractivity contribution in [3.63, 3.8) is 0 Å². The average Bonchev–Trinajstić information content (AvgIpc) is 3.22. The van der Waals surface area contributed by atoms with E-state index in [-0.39, 0.29) is 0 Å². The summed E-state index contributed by atoms with van der Waals surface area (Å²) in [6.45, 7) is 18.5. The molecule has 4 rings (SSSR count). The van der Waals surface area contributed by atoms with Crippen molar-refractivity contribution in [2.45, 2.75) is 138 Å². The van der Waals surface area contributed by atoms with Crippen LogP contribution in [-0.2, 0) is 9.47 Å². The third kappa shape index (κ3) is 6.44. The molecule has 0 radical (unpaired) electrons. The lowest BCUT2D eigenvalue weighted by molar-refractivity contribution is -0.0642. The van der Waals surface area contributed by atoms with E-state index in [1.165, 1.54) is 70.6 Å². The van der Waals surface area contributed by atoms with Gasteiger partial charge in [-0.05, 0) is 111 Å². The van der Waals surface area contributed by atoms with Gasteiger partial charge in [0, 0.05) is 20.3 Å². The number of ether oxygens (including phenoxy) is 2. The van der Waals surface area contributed by atoms with Gasteiger partial charge in [0.05, 0.1) is 6.10 Å². The summed E-state index contributed by atoms with van der Waals surface area (Å²) in [6.07, 6.45) is 20.8. The van der Waals surface area contributed by atoms with Gasteiger partial charge in [0.15, 0.2) is 0 Å². The summed E-state index contributed by atoms with van der Waals surface area (Å²) in [5.41, 5.74) is 2.81. The van der Waals surface area contributed by atoms with Gasteiger partial charge in [-0.2, -0.15) is 0 Å². The van der Waals surface area contributed by atoms with E-state index in [0.717, 1.165) is 61.6 Å². The van der Waals surface area contributed by atoms with E-state index in [9.17, 15) is 0 Å². The van der Waals surface area contributed by atoms with E-state index in [1.807, 2.05) is 13.8 Å². The van der Waals surface area contributed by atoms with Crippen LogP contribution in [0, 0.1) is 46.3 Å². The van der Waals surface area contributed by atoms with E-state index >= 15 is 0 Å². The molecule has 0 spiro atoms. The van der Waals surface area contributed by atoms with E-state index < -0.39 is 0 Å².